The van der Waals surface area contributed by atoms with Crippen molar-refractivity contribution < 1.29 is 32.3 Å². The Morgan fingerprint density at radius 3 is 2.29 bits per heavy atom. The number of benzene rings is 2. The Labute approximate surface area is 323 Å². The molecule has 55 heavy (non-hydrogen) atoms. The molecule has 0 radical (unpaired) electrons. The van der Waals surface area contributed by atoms with E-state index in [2.05, 4.69) is 26.9 Å². The first-order chi connectivity index (χ1) is 25.8. The average Bonchev–Trinajstić information content (AvgIpc) is 4.01. The minimum atomic E-state index is -4.13. The lowest BCUT2D eigenvalue weighted by atomic mass is 9.84. The topological polar surface area (TPSA) is 164 Å². The second-order valence-corrected chi connectivity index (χ2v) is 19.8. The van der Waals surface area contributed by atoms with Gasteiger partial charge >= 0.3 is 0 Å². The minimum absolute atomic E-state index is 0.00398. The highest BCUT2D eigenvalue weighted by molar-refractivity contribution is 7.91. The molecule has 3 aliphatic rings. The molecular weight excluding hydrogens is 719 g/mol. The van der Waals surface area contributed by atoms with E-state index in [1.807, 2.05) is 102 Å². The number of nitrogens with one attached hydrogen (secondary N) is 3. The van der Waals surface area contributed by atoms with Crippen LogP contribution in [-0.2, 0) is 35.6 Å². The Balaban J connectivity index is 1.26. The third-order valence-corrected chi connectivity index (χ3v) is 13.0. The SMILES string of the molecule is C=C[C@@H]1C[C@]1(NC(=O)[C@@H]1C[C@@H](Oc2nccc3ccccc23)CN1C(=O)[C@@H](NC(=O)CC(C)(C)C)C(C)(C)C)C(=O)NS(=O)(=O)C1(Cc2ccccc2)CC1. The zero-order valence-corrected chi connectivity index (χ0v) is 33.4. The fourth-order valence-corrected chi connectivity index (χ4v) is 9.17. The molecule has 0 spiro atoms. The molecule has 294 valence electrons. The van der Waals surface area contributed by atoms with Crippen molar-refractivity contribution >= 4 is 44.4 Å². The maximum Gasteiger partial charge on any atom is 0.259 e. The van der Waals surface area contributed by atoms with Crippen LogP contribution in [0.25, 0.3) is 10.8 Å². The number of sulfonamides is 1. The van der Waals surface area contributed by atoms with Crippen LogP contribution in [-0.4, -0.2) is 76.9 Å². The lowest BCUT2D eigenvalue weighted by Gasteiger charge is -2.36. The van der Waals surface area contributed by atoms with Crippen LogP contribution in [0.1, 0.15) is 79.2 Å². The first-order valence-corrected chi connectivity index (χ1v) is 20.4. The van der Waals surface area contributed by atoms with E-state index in [1.54, 1.807) is 6.20 Å². The van der Waals surface area contributed by atoms with E-state index in [-0.39, 0.29) is 43.6 Å². The Bertz CT molecular complexity index is 2080. The number of carbonyl (C=O) groups is 4. The summed E-state index contributed by atoms with van der Waals surface area (Å²) in [5.41, 5.74) is -1.80. The molecule has 0 unspecified atom stereocenters. The molecule has 1 saturated heterocycles. The summed E-state index contributed by atoms with van der Waals surface area (Å²) in [6.45, 7) is 15.2. The summed E-state index contributed by atoms with van der Waals surface area (Å²) in [5, 5.41) is 7.48. The number of likely N-dealkylation sites (tertiary alicyclic amines) is 1. The zero-order valence-electron chi connectivity index (χ0n) is 32.6. The first-order valence-electron chi connectivity index (χ1n) is 18.9. The predicted molar refractivity (Wildman–Crippen MR) is 210 cm³/mol. The molecule has 2 aliphatic carbocycles. The van der Waals surface area contributed by atoms with Crippen molar-refractivity contribution in [3.05, 3.63) is 85.1 Å². The number of ether oxygens (including phenoxy) is 1. The van der Waals surface area contributed by atoms with Crippen molar-refractivity contribution in [3.8, 4) is 5.88 Å². The number of amides is 4. The molecule has 2 saturated carbocycles. The van der Waals surface area contributed by atoms with Gasteiger partial charge in [-0.2, -0.15) is 0 Å². The summed E-state index contributed by atoms with van der Waals surface area (Å²) in [7, 11) is -4.13. The van der Waals surface area contributed by atoms with E-state index in [4.69, 9.17) is 4.74 Å². The lowest BCUT2D eigenvalue weighted by Crippen LogP contribution is -2.60. The fraction of sp³-hybridized carbons (Fsp3) is 0.500. The van der Waals surface area contributed by atoms with Crippen LogP contribution in [0.4, 0.5) is 0 Å². The second kappa shape index (κ2) is 14.7. The third-order valence-electron chi connectivity index (χ3n) is 10.9. The molecule has 2 aromatic carbocycles. The number of aromatic nitrogens is 1. The second-order valence-electron chi connectivity index (χ2n) is 17.7. The Kier molecular flexibility index (Phi) is 10.7. The van der Waals surface area contributed by atoms with Gasteiger partial charge in [-0.15, -0.1) is 6.58 Å². The lowest BCUT2D eigenvalue weighted by molar-refractivity contribution is -0.144. The highest BCUT2D eigenvalue weighted by Crippen LogP contribution is 2.48. The van der Waals surface area contributed by atoms with Crippen LogP contribution < -0.4 is 20.1 Å². The molecule has 6 rings (SSSR count). The third kappa shape index (κ3) is 8.56. The van der Waals surface area contributed by atoms with Crippen LogP contribution in [0.3, 0.4) is 0 Å². The number of rotatable bonds is 13. The molecule has 3 aromatic rings. The van der Waals surface area contributed by atoms with Crippen molar-refractivity contribution in [1.82, 2.24) is 25.2 Å². The molecular formula is C42H53N5O7S. The van der Waals surface area contributed by atoms with Gasteiger partial charge in [0.15, 0.2) is 0 Å². The Morgan fingerprint density at radius 1 is 1.00 bits per heavy atom. The highest BCUT2D eigenvalue weighted by atomic mass is 32.2. The summed E-state index contributed by atoms with van der Waals surface area (Å²) in [6.07, 6.45) is 3.94. The monoisotopic (exact) mass is 771 g/mol. The quantitative estimate of drug-likeness (QED) is 0.208. The Morgan fingerprint density at radius 2 is 1.67 bits per heavy atom. The van der Waals surface area contributed by atoms with E-state index >= 15 is 0 Å². The van der Waals surface area contributed by atoms with E-state index < -0.39 is 67.6 Å². The van der Waals surface area contributed by atoms with Crippen molar-refractivity contribution in [1.29, 1.82) is 0 Å². The van der Waals surface area contributed by atoms with Crippen molar-refractivity contribution in [2.24, 2.45) is 16.7 Å². The van der Waals surface area contributed by atoms with E-state index in [0.717, 1.165) is 16.3 Å². The molecule has 3 fully saturated rings. The summed E-state index contributed by atoms with van der Waals surface area (Å²) in [6, 6.07) is 16.6. The van der Waals surface area contributed by atoms with Gasteiger partial charge in [0.2, 0.25) is 33.6 Å². The van der Waals surface area contributed by atoms with Gasteiger partial charge in [-0.25, -0.2) is 13.4 Å². The number of hydrogen-bond acceptors (Lipinski definition) is 8. The molecule has 5 atom stereocenters. The zero-order chi connectivity index (χ0) is 40.0. The van der Waals surface area contributed by atoms with Gasteiger partial charge in [0, 0.05) is 30.3 Å². The highest BCUT2D eigenvalue weighted by Gasteiger charge is 2.63. The van der Waals surface area contributed by atoms with Gasteiger partial charge in [0.1, 0.15) is 23.7 Å². The largest absolute Gasteiger partial charge is 0.472 e. The molecule has 0 bridgehead atoms. The number of pyridine rings is 1. The smallest absolute Gasteiger partial charge is 0.259 e. The van der Waals surface area contributed by atoms with Crippen LogP contribution in [0, 0.1) is 16.7 Å². The van der Waals surface area contributed by atoms with Crippen molar-refractivity contribution in [2.75, 3.05) is 6.54 Å². The Hall–Kier alpha value is -4.78. The van der Waals surface area contributed by atoms with Crippen molar-refractivity contribution in [2.45, 2.75) is 109 Å². The molecule has 13 heteroatoms. The van der Waals surface area contributed by atoms with Crippen LogP contribution in [0.5, 0.6) is 5.88 Å². The fourth-order valence-electron chi connectivity index (χ4n) is 7.53. The van der Waals surface area contributed by atoms with Gasteiger partial charge < -0.3 is 20.3 Å². The molecule has 4 amide bonds. The van der Waals surface area contributed by atoms with E-state index in [1.165, 1.54) is 11.0 Å². The summed E-state index contributed by atoms with van der Waals surface area (Å²) in [4.78, 5) is 62.1. The van der Waals surface area contributed by atoms with E-state index in [9.17, 15) is 27.6 Å². The minimum Gasteiger partial charge on any atom is -0.472 e. The number of hydrogen-bond donors (Lipinski definition) is 3. The maximum atomic E-state index is 14.6. The molecule has 3 N–H and O–H groups in total. The molecule has 1 aromatic heterocycles. The van der Waals surface area contributed by atoms with Crippen LogP contribution >= 0.6 is 0 Å². The van der Waals surface area contributed by atoms with Gasteiger partial charge in [-0.05, 0) is 59.6 Å². The van der Waals surface area contributed by atoms with Gasteiger partial charge in [-0.1, -0.05) is 96.1 Å². The molecule has 12 nitrogen and oxygen atoms in total. The first kappa shape index (κ1) is 39.9. The van der Waals surface area contributed by atoms with Crippen LogP contribution in [0.2, 0.25) is 0 Å². The summed E-state index contributed by atoms with van der Waals surface area (Å²) in [5.74, 6) is -2.43. The summed E-state index contributed by atoms with van der Waals surface area (Å²) < 4.78 is 35.1. The predicted octanol–water partition coefficient (Wildman–Crippen LogP) is 4.83. The van der Waals surface area contributed by atoms with Gasteiger partial charge in [0.25, 0.3) is 5.91 Å². The maximum absolute atomic E-state index is 14.6. The van der Waals surface area contributed by atoms with Crippen molar-refractivity contribution in [3.63, 3.8) is 0 Å². The standard InChI is InChI=1S/C42H53N5O7S/c1-8-29-24-42(29,38(51)46-55(52,53)41(19-20-41)23-27-14-10-9-11-15-27)45-35(49)32-22-30(54-36-31-17-13-12-16-28(31)18-21-43-36)26-47(32)37(50)34(40(5,6)7)44-33(48)25-39(2,3)4/h8-18,21,29-30,32,34H,1,19-20,22-26H2,2-7H3,(H,44,48)(H,45,49)(H,46,51)/t29-,30-,32+,34-,42-/m1/s1. The van der Waals surface area contributed by atoms with Gasteiger partial charge in [-0.3, -0.25) is 23.9 Å². The van der Waals surface area contributed by atoms with Crippen LogP contribution in [0.15, 0.2) is 79.5 Å². The molecule has 2 heterocycles. The summed E-state index contributed by atoms with van der Waals surface area (Å²) >= 11 is 0. The normalized spacial score (nSPS) is 23.7. The number of fused-ring (bicyclic) bond motifs is 1. The van der Waals surface area contributed by atoms with E-state index in [0.29, 0.717) is 18.7 Å². The number of carbonyl (C=O) groups excluding carboxylic acids is 4. The molecule has 1 aliphatic heterocycles. The number of nitrogens with zero attached hydrogens (tertiary/aromatic N) is 2. The van der Waals surface area contributed by atoms with Gasteiger partial charge in [0.05, 0.1) is 11.3 Å². The average molecular weight is 772 g/mol.